The summed E-state index contributed by atoms with van der Waals surface area (Å²) in [6, 6.07) is 6.22. The third-order valence-corrected chi connectivity index (χ3v) is 8.84. The van der Waals surface area contributed by atoms with Crippen molar-refractivity contribution in [2.75, 3.05) is 13.1 Å². The van der Waals surface area contributed by atoms with Gasteiger partial charge in [-0.25, -0.2) is 0 Å². The number of fused-ring (bicyclic) bond motifs is 1. The lowest BCUT2D eigenvalue weighted by molar-refractivity contribution is -0.145. The maximum absolute atomic E-state index is 14.1. The van der Waals surface area contributed by atoms with E-state index >= 15 is 0 Å². The van der Waals surface area contributed by atoms with E-state index in [-0.39, 0.29) is 38.3 Å². The van der Waals surface area contributed by atoms with E-state index in [1.165, 1.54) is 25.7 Å². The summed E-state index contributed by atoms with van der Waals surface area (Å²) in [4.78, 5) is 83.7. The van der Waals surface area contributed by atoms with Gasteiger partial charge in [-0.1, -0.05) is 42.5 Å². The number of nitrogens with two attached hydrogens (primary N) is 3. The van der Waals surface area contributed by atoms with Crippen LogP contribution in [0.3, 0.4) is 0 Å². The maximum Gasteiger partial charge on any atom is 0.325 e. The summed E-state index contributed by atoms with van der Waals surface area (Å²) in [6.07, 6.45) is 0.738. The fraction of sp³-hybridized carbons (Fsp3) is 0.514. The monoisotopic (exact) mass is 725 g/mol. The smallest absolute Gasteiger partial charge is 0.325 e. The van der Waals surface area contributed by atoms with Crippen LogP contribution in [0.1, 0.15) is 58.4 Å². The number of amides is 5. The highest BCUT2D eigenvalue weighted by atomic mass is 16.4. The number of likely N-dealkylation sites (tertiary alicyclic amines) is 1. The Labute approximate surface area is 302 Å². The first-order valence-corrected chi connectivity index (χ1v) is 17.3. The first-order valence-electron chi connectivity index (χ1n) is 17.3. The number of piperidine rings is 1. The summed E-state index contributed by atoms with van der Waals surface area (Å²) < 4.78 is 0. The van der Waals surface area contributed by atoms with Gasteiger partial charge in [-0.05, 0) is 69.2 Å². The lowest BCUT2D eigenvalue weighted by Crippen LogP contribution is -2.61. The van der Waals surface area contributed by atoms with Gasteiger partial charge in [0.1, 0.15) is 36.3 Å². The molecule has 1 fully saturated rings. The molecular formula is C35H51N9O8. The van der Waals surface area contributed by atoms with Crippen molar-refractivity contribution >= 4 is 52.2 Å². The van der Waals surface area contributed by atoms with Gasteiger partial charge >= 0.3 is 5.97 Å². The molecule has 1 heterocycles. The summed E-state index contributed by atoms with van der Waals surface area (Å²) in [6.45, 7) is 4.40. The Bertz CT molecular complexity index is 1630. The SMILES string of the molecule is C[C@H](NC(=O)[C@H](CCCN=C(N)N)NC(=O)[C@H](Cc1ccc2ccccc2c1)NC(=O)[C@@H]1CCCCN1C(=O)[C@H](N)[C@H](C)O)C(=O)N[C@H](C)C(=O)O. The predicted octanol–water partition coefficient (Wildman–Crippen LogP) is -1.41. The minimum absolute atomic E-state index is 0.0183. The molecule has 0 radical (unpaired) electrons. The number of carbonyl (C=O) groups is 6. The molecule has 0 unspecified atom stereocenters. The molecule has 1 aliphatic heterocycles. The maximum atomic E-state index is 14.1. The third kappa shape index (κ3) is 11.9. The van der Waals surface area contributed by atoms with Crippen LogP contribution >= 0.6 is 0 Å². The van der Waals surface area contributed by atoms with Gasteiger partial charge in [0.15, 0.2) is 5.96 Å². The largest absolute Gasteiger partial charge is 0.480 e. The molecule has 7 atom stereocenters. The molecule has 2 aromatic rings. The number of carboxylic acid groups (broad SMARTS) is 1. The normalized spacial score (nSPS) is 17.7. The lowest BCUT2D eigenvalue weighted by Gasteiger charge is -2.37. The fourth-order valence-electron chi connectivity index (χ4n) is 5.77. The van der Waals surface area contributed by atoms with Gasteiger partial charge in [0, 0.05) is 19.5 Å². The van der Waals surface area contributed by atoms with E-state index in [9.17, 15) is 33.9 Å². The van der Waals surface area contributed by atoms with Crippen LogP contribution in [-0.4, -0.2) is 112 Å². The number of hydrogen-bond donors (Lipinski definition) is 9. The molecule has 0 spiro atoms. The highest BCUT2D eigenvalue weighted by Crippen LogP contribution is 2.20. The van der Waals surface area contributed by atoms with Crippen LogP contribution in [0.5, 0.6) is 0 Å². The molecule has 0 bridgehead atoms. The van der Waals surface area contributed by atoms with Gasteiger partial charge in [-0.2, -0.15) is 0 Å². The van der Waals surface area contributed by atoms with Crippen molar-refractivity contribution in [2.24, 2.45) is 22.2 Å². The van der Waals surface area contributed by atoms with E-state index in [1.807, 2.05) is 42.5 Å². The van der Waals surface area contributed by atoms with Crippen LogP contribution < -0.4 is 38.5 Å². The van der Waals surface area contributed by atoms with E-state index in [1.54, 1.807) is 0 Å². The van der Waals surface area contributed by atoms with E-state index in [0.29, 0.717) is 24.8 Å². The molecule has 17 heteroatoms. The summed E-state index contributed by atoms with van der Waals surface area (Å²) in [7, 11) is 0. The molecule has 3 rings (SSSR count). The molecule has 17 nitrogen and oxygen atoms in total. The number of nitrogens with zero attached hydrogens (tertiary/aromatic N) is 2. The zero-order chi connectivity index (χ0) is 38.5. The first kappa shape index (κ1) is 41.1. The van der Waals surface area contributed by atoms with E-state index < -0.39 is 77.9 Å². The Morgan fingerprint density at radius 2 is 1.52 bits per heavy atom. The molecule has 1 aliphatic rings. The van der Waals surface area contributed by atoms with Crippen molar-refractivity contribution in [3.8, 4) is 0 Å². The molecule has 0 aliphatic carbocycles. The average molecular weight is 726 g/mol. The minimum Gasteiger partial charge on any atom is -0.480 e. The van der Waals surface area contributed by atoms with E-state index in [4.69, 9.17) is 22.3 Å². The number of hydrogen-bond acceptors (Lipinski definition) is 9. The van der Waals surface area contributed by atoms with Crippen molar-refractivity contribution < 1.29 is 39.0 Å². The van der Waals surface area contributed by atoms with Crippen molar-refractivity contribution in [3.63, 3.8) is 0 Å². The fourth-order valence-corrected chi connectivity index (χ4v) is 5.77. The van der Waals surface area contributed by atoms with Crippen LogP contribution in [0.4, 0.5) is 0 Å². The molecular weight excluding hydrogens is 674 g/mol. The second-order valence-electron chi connectivity index (χ2n) is 13.1. The van der Waals surface area contributed by atoms with Gasteiger partial charge in [0.25, 0.3) is 0 Å². The van der Waals surface area contributed by atoms with Gasteiger partial charge in [0.05, 0.1) is 6.10 Å². The van der Waals surface area contributed by atoms with E-state index in [2.05, 4.69) is 26.3 Å². The van der Waals surface area contributed by atoms with Gasteiger partial charge in [-0.15, -0.1) is 0 Å². The average Bonchev–Trinajstić information content (AvgIpc) is 3.11. The van der Waals surface area contributed by atoms with E-state index in [0.717, 1.165) is 10.8 Å². The van der Waals surface area contributed by atoms with Crippen molar-refractivity contribution in [1.29, 1.82) is 0 Å². The zero-order valence-electron chi connectivity index (χ0n) is 29.7. The molecule has 52 heavy (non-hydrogen) atoms. The van der Waals surface area contributed by atoms with Crippen molar-refractivity contribution in [2.45, 2.75) is 102 Å². The molecule has 5 amide bonds. The quantitative estimate of drug-likeness (QED) is 0.0519. The molecule has 1 saturated heterocycles. The molecule has 12 N–H and O–H groups in total. The van der Waals surface area contributed by atoms with Crippen LogP contribution in [-0.2, 0) is 35.2 Å². The minimum atomic E-state index is -1.26. The summed E-state index contributed by atoms with van der Waals surface area (Å²) in [5.74, 6) is -4.81. The number of rotatable bonds is 17. The molecule has 284 valence electrons. The number of benzene rings is 2. The summed E-state index contributed by atoms with van der Waals surface area (Å²) in [5, 5.41) is 31.3. The zero-order valence-corrected chi connectivity index (χ0v) is 29.7. The second-order valence-corrected chi connectivity index (χ2v) is 13.1. The van der Waals surface area contributed by atoms with Crippen molar-refractivity contribution in [1.82, 2.24) is 26.2 Å². The molecule has 0 saturated carbocycles. The van der Waals surface area contributed by atoms with Crippen LogP contribution in [0.2, 0.25) is 0 Å². The summed E-state index contributed by atoms with van der Waals surface area (Å²) in [5.41, 5.74) is 17.5. The molecule has 0 aromatic heterocycles. The lowest BCUT2D eigenvalue weighted by atomic mass is 9.97. The standard InChI is InChI=1S/C35H51N9O8/c1-19(29(46)41-20(2)34(51)52)40-30(47)25(11-8-15-39-35(37)38)42-31(48)26(18-22-13-14-23-9-4-5-10-24(23)17-22)43-32(49)27-12-6-7-16-44(27)33(50)28(36)21(3)45/h4-5,9-10,13-14,17,19-21,25-28,45H,6-8,11-12,15-16,18,36H2,1-3H3,(H,40,47)(H,41,46)(H,42,48)(H,43,49)(H,51,52)(H4,37,38,39)/t19-,20+,21-,25-,26-,27-,28+/m0/s1. The highest BCUT2D eigenvalue weighted by Gasteiger charge is 2.37. The number of aliphatic hydroxyl groups excluding tert-OH is 1. The Hall–Kier alpha value is -5.29. The Morgan fingerprint density at radius 3 is 2.17 bits per heavy atom. The van der Waals surface area contributed by atoms with Crippen LogP contribution in [0.25, 0.3) is 10.8 Å². The number of nitrogens with one attached hydrogen (secondary N) is 4. The number of carboxylic acids is 1. The number of aliphatic carboxylic acids is 1. The molecule has 2 aromatic carbocycles. The number of aliphatic imine (C=N–C) groups is 1. The number of carbonyl (C=O) groups excluding carboxylic acids is 5. The Kier molecular flexibility index (Phi) is 15.3. The van der Waals surface area contributed by atoms with Crippen molar-refractivity contribution in [3.05, 3.63) is 48.0 Å². The Morgan fingerprint density at radius 1 is 0.865 bits per heavy atom. The number of guanidine groups is 1. The second kappa shape index (κ2) is 19.4. The van der Waals surface area contributed by atoms with Crippen LogP contribution in [0.15, 0.2) is 47.5 Å². The van der Waals surface area contributed by atoms with Gasteiger partial charge in [0.2, 0.25) is 29.5 Å². The number of aliphatic hydroxyl groups is 1. The van der Waals surface area contributed by atoms with Crippen LogP contribution in [0, 0.1) is 0 Å². The van der Waals surface area contributed by atoms with Gasteiger partial charge in [-0.3, -0.25) is 33.8 Å². The Balaban J connectivity index is 1.90. The summed E-state index contributed by atoms with van der Waals surface area (Å²) >= 11 is 0. The highest BCUT2D eigenvalue weighted by molar-refractivity contribution is 5.96. The third-order valence-electron chi connectivity index (χ3n) is 8.84. The first-order chi connectivity index (χ1) is 24.6. The topological polar surface area (TPSA) is 285 Å². The van der Waals surface area contributed by atoms with Gasteiger partial charge < -0.3 is 53.6 Å². The predicted molar refractivity (Wildman–Crippen MR) is 193 cm³/mol.